The van der Waals surface area contributed by atoms with Crippen molar-refractivity contribution >= 4 is 53.8 Å². The molecule has 3 aromatic heterocycles. The zero-order chi connectivity index (χ0) is 21.3. The van der Waals surface area contributed by atoms with Gasteiger partial charge in [0.2, 0.25) is 5.82 Å². The van der Waals surface area contributed by atoms with E-state index in [1.165, 1.54) is 12.4 Å². The Morgan fingerprint density at radius 3 is 2.33 bits per heavy atom. The first-order chi connectivity index (χ1) is 14.4. The molecule has 1 aromatic carbocycles. The molecule has 11 nitrogen and oxygen atoms in total. The fourth-order valence-electron chi connectivity index (χ4n) is 2.49. The van der Waals surface area contributed by atoms with E-state index in [-0.39, 0.29) is 12.4 Å². The van der Waals surface area contributed by atoms with Gasteiger partial charge in [0.25, 0.3) is 0 Å². The van der Waals surface area contributed by atoms with Crippen molar-refractivity contribution in [3.8, 4) is 22.9 Å². The molecule has 30 heavy (non-hydrogen) atoms. The molecule has 0 aliphatic carbocycles. The van der Waals surface area contributed by atoms with Crippen LogP contribution in [0.1, 0.15) is 5.56 Å². The summed E-state index contributed by atoms with van der Waals surface area (Å²) in [5.74, 6) is -0.878. The van der Waals surface area contributed by atoms with Gasteiger partial charge in [0.1, 0.15) is 17.1 Å². The lowest BCUT2D eigenvalue weighted by molar-refractivity contribution is -0.138. The second kappa shape index (κ2) is 8.65. The summed E-state index contributed by atoms with van der Waals surface area (Å²) in [4.78, 5) is 20.3. The van der Waals surface area contributed by atoms with Gasteiger partial charge in [-0.05, 0) is 70.7 Å². The van der Waals surface area contributed by atoms with Crippen LogP contribution in [-0.4, -0.2) is 56.2 Å². The Morgan fingerprint density at radius 1 is 0.967 bits per heavy atom. The fourth-order valence-corrected chi connectivity index (χ4v) is 4.00. The zero-order valence-corrected chi connectivity index (χ0v) is 19.6. The predicted molar refractivity (Wildman–Crippen MR) is 114 cm³/mol. The number of carbonyl (C=O) groups is 1. The van der Waals surface area contributed by atoms with Crippen LogP contribution in [0.4, 0.5) is 0 Å². The van der Waals surface area contributed by atoms with Gasteiger partial charge in [-0.25, -0.2) is 9.67 Å². The van der Waals surface area contributed by atoms with Crippen molar-refractivity contribution in [2.45, 2.75) is 13.1 Å². The normalized spacial score (nSPS) is 11.0. The Hall–Kier alpha value is -2.58. The molecular formula is C16H10Br3N9O2. The molecule has 0 spiro atoms. The smallest absolute Gasteiger partial charge is 0.327 e. The Morgan fingerprint density at radius 2 is 1.67 bits per heavy atom. The van der Waals surface area contributed by atoms with Crippen LogP contribution in [0.3, 0.4) is 0 Å². The number of aromatic nitrogens is 9. The lowest BCUT2D eigenvalue weighted by Crippen LogP contribution is -2.11. The van der Waals surface area contributed by atoms with Crippen LogP contribution in [0.2, 0.25) is 0 Å². The third-order valence-corrected chi connectivity index (χ3v) is 6.97. The third kappa shape index (κ3) is 4.60. The molecule has 0 saturated heterocycles. The predicted octanol–water partition coefficient (Wildman–Crippen LogP) is 2.81. The van der Waals surface area contributed by atoms with E-state index in [1.54, 1.807) is 10.9 Å². The first-order valence-corrected chi connectivity index (χ1v) is 10.6. The summed E-state index contributed by atoms with van der Waals surface area (Å²) in [6.45, 7) is 0.146. The highest BCUT2D eigenvalue weighted by Gasteiger charge is 2.12. The molecule has 152 valence electrons. The number of rotatable bonds is 6. The highest BCUT2D eigenvalue weighted by Crippen LogP contribution is 2.32. The maximum absolute atomic E-state index is 10.7. The van der Waals surface area contributed by atoms with Gasteiger partial charge < -0.3 is 5.11 Å². The van der Waals surface area contributed by atoms with Crippen LogP contribution in [0.5, 0.6) is 0 Å². The number of carboxylic acid groups (broad SMARTS) is 1. The first-order valence-electron chi connectivity index (χ1n) is 8.25. The van der Waals surface area contributed by atoms with Crippen LogP contribution < -0.4 is 0 Å². The van der Waals surface area contributed by atoms with Crippen LogP contribution in [-0.2, 0) is 17.9 Å². The number of benzene rings is 1. The largest absolute Gasteiger partial charge is 0.480 e. The minimum Gasteiger partial charge on any atom is -0.480 e. The Bertz CT molecular complexity index is 1200. The fraction of sp³-hybridized carbons (Fsp3) is 0.125. The van der Waals surface area contributed by atoms with E-state index in [2.05, 4.69) is 83.5 Å². The van der Waals surface area contributed by atoms with Gasteiger partial charge in [-0.3, -0.25) is 9.78 Å². The average Bonchev–Trinajstić information content (AvgIpc) is 3.35. The summed E-state index contributed by atoms with van der Waals surface area (Å²) in [5, 5.41) is 28.5. The molecule has 4 aromatic rings. The summed E-state index contributed by atoms with van der Waals surface area (Å²) in [7, 11) is 0. The van der Waals surface area contributed by atoms with E-state index < -0.39 is 5.97 Å². The van der Waals surface area contributed by atoms with Crippen LogP contribution in [0, 0.1) is 0 Å². The standard InChI is InChI=1S/C16H10Br3N9O2/c17-9-1-8(2-10(18)15(9)19)5-27-6-13(22-25-27)11-3-21-12(4-20-11)16-23-26-28(24-16)7-14(29)30/h1-4,6H,5,7H2,(H,29,30). The van der Waals surface area contributed by atoms with Crippen molar-refractivity contribution in [3.05, 3.63) is 49.7 Å². The molecule has 14 heteroatoms. The molecule has 1 N–H and O–H groups in total. The van der Waals surface area contributed by atoms with Crippen molar-refractivity contribution in [2.24, 2.45) is 0 Å². The number of halogens is 3. The number of carboxylic acids is 1. The minimum absolute atomic E-state index is 0.186. The summed E-state index contributed by atoms with van der Waals surface area (Å²) in [6, 6.07) is 3.99. The summed E-state index contributed by atoms with van der Waals surface area (Å²) < 4.78 is 4.51. The molecule has 0 aliphatic heterocycles. The molecule has 0 saturated carbocycles. The van der Waals surface area contributed by atoms with Gasteiger partial charge in [-0.15, -0.1) is 15.3 Å². The van der Waals surface area contributed by atoms with Crippen LogP contribution in [0.15, 0.2) is 44.1 Å². The molecular weight excluding hydrogens is 590 g/mol. The number of nitrogens with zero attached hydrogens (tertiary/aromatic N) is 9. The van der Waals surface area contributed by atoms with E-state index in [9.17, 15) is 4.79 Å². The number of hydrogen-bond donors (Lipinski definition) is 1. The van der Waals surface area contributed by atoms with Gasteiger partial charge in [0, 0.05) is 13.4 Å². The Kier molecular flexibility index (Phi) is 5.97. The SMILES string of the molecule is O=C(O)Cn1nnc(-c2cnc(-c3cn(Cc4cc(Br)c(Br)c(Br)c4)nn3)cn2)n1. The lowest BCUT2D eigenvalue weighted by atomic mass is 10.2. The number of tetrazole rings is 1. The molecule has 0 atom stereocenters. The Balaban J connectivity index is 1.50. The van der Waals surface area contributed by atoms with Gasteiger partial charge in [0.05, 0.1) is 25.1 Å². The van der Waals surface area contributed by atoms with Gasteiger partial charge in [-0.1, -0.05) is 5.21 Å². The topological polar surface area (TPSA) is 137 Å². The quantitative estimate of drug-likeness (QED) is 0.332. The van der Waals surface area contributed by atoms with E-state index in [0.29, 0.717) is 23.6 Å². The van der Waals surface area contributed by atoms with Crippen molar-refractivity contribution in [1.82, 2.24) is 45.2 Å². The zero-order valence-electron chi connectivity index (χ0n) is 14.8. The molecule has 0 bridgehead atoms. The van der Waals surface area contributed by atoms with Gasteiger partial charge in [0.15, 0.2) is 6.54 Å². The highest BCUT2D eigenvalue weighted by molar-refractivity contribution is 9.14. The molecule has 0 radical (unpaired) electrons. The van der Waals surface area contributed by atoms with Crippen molar-refractivity contribution < 1.29 is 9.90 Å². The Labute approximate surface area is 193 Å². The molecule has 4 rings (SSSR count). The van der Waals surface area contributed by atoms with Crippen molar-refractivity contribution in [2.75, 3.05) is 0 Å². The molecule has 0 unspecified atom stereocenters. The minimum atomic E-state index is -1.06. The summed E-state index contributed by atoms with van der Waals surface area (Å²) >= 11 is 10.5. The second-order valence-corrected chi connectivity index (χ2v) is 8.50. The van der Waals surface area contributed by atoms with Crippen molar-refractivity contribution in [3.63, 3.8) is 0 Å². The highest BCUT2D eigenvalue weighted by atomic mass is 79.9. The second-order valence-electron chi connectivity index (χ2n) is 6.00. The van der Waals surface area contributed by atoms with Gasteiger partial charge >= 0.3 is 5.97 Å². The molecule has 0 fully saturated rings. The molecule has 0 aliphatic rings. The lowest BCUT2D eigenvalue weighted by Gasteiger charge is -2.05. The van der Waals surface area contributed by atoms with E-state index >= 15 is 0 Å². The monoisotopic (exact) mass is 597 g/mol. The summed E-state index contributed by atoms with van der Waals surface area (Å²) in [6.07, 6.45) is 4.77. The average molecular weight is 600 g/mol. The molecule has 3 heterocycles. The van der Waals surface area contributed by atoms with E-state index in [0.717, 1.165) is 23.8 Å². The molecule has 0 amide bonds. The van der Waals surface area contributed by atoms with E-state index in [4.69, 9.17) is 5.11 Å². The van der Waals surface area contributed by atoms with E-state index in [1.807, 2.05) is 12.1 Å². The summed E-state index contributed by atoms with van der Waals surface area (Å²) in [5.41, 5.74) is 2.49. The maximum atomic E-state index is 10.7. The number of aliphatic carboxylic acids is 1. The number of hydrogen-bond acceptors (Lipinski definition) is 8. The van der Waals surface area contributed by atoms with Crippen LogP contribution in [0.25, 0.3) is 22.9 Å². The van der Waals surface area contributed by atoms with Crippen LogP contribution >= 0.6 is 47.8 Å². The third-order valence-electron chi connectivity index (χ3n) is 3.80. The van der Waals surface area contributed by atoms with Crippen molar-refractivity contribution in [1.29, 1.82) is 0 Å². The first kappa shape index (κ1) is 20.7. The van der Waals surface area contributed by atoms with Gasteiger partial charge in [-0.2, -0.15) is 4.80 Å². The maximum Gasteiger partial charge on any atom is 0.327 e.